The largest absolute Gasteiger partial charge is 0.321 e. The second-order valence-corrected chi connectivity index (χ2v) is 4.36. The second kappa shape index (κ2) is 4.63. The van der Waals surface area contributed by atoms with E-state index in [1.165, 1.54) is 0 Å². The standard InChI is InChI=1S/C10H14N4S/c1-15-7-5-8(11)10-13-12-9-4-2-3-6-14(9)10/h2-4,6,8H,5,7,11H2,1H3. The molecule has 2 N–H and O–H groups in total. The van der Waals surface area contributed by atoms with Crippen molar-refractivity contribution in [3.8, 4) is 0 Å². The summed E-state index contributed by atoms with van der Waals surface area (Å²) in [5.41, 5.74) is 6.91. The van der Waals surface area contributed by atoms with E-state index in [1.54, 1.807) is 11.8 Å². The second-order valence-electron chi connectivity index (χ2n) is 3.38. The first-order valence-corrected chi connectivity index (χ1v) is 6.26. The van der Waals surface area contributed by atoms with Crippen LogP contribution in [0.15, 0.2) is 24.4 Å². The van der Waals surface area contributed by atoms with Gasteiger partial charge in [-0.1, -0.05) is 6.07 Å². The highest BCUT2D eigenvalue weighted by Gasteiger charge is 2.12. The Morgan fingerprint density at radius 2 is 2.33 bits per heavy atom. The Labute approximate surface area is 92.9 Å². The van der Waals surface area contributed by atoms with Gasteiger partial charge in [0.1, 0.15) is 0 Å². The highest BCUT2D eigenvalue weighted by molar-refractivity contribution is 7.98. The van der Waals surface area contributed by atoms with E-state index >= 15 is 0 Å². The van der Waals surface area contributed by atoms with E-state index in [0.29, 0.717) is 0 Å². The third kappa shape index (κ3) is 2.13. The van der Waals surface area contributed by atoms with E-state index in [1.807, 2.05) is 28.8 Å². The SMILES string of the molecule is CSCCC(N)c1nnc2ccccn12. The summed E-state index contributed by atoms with van der Waals surface area (Å²) in [5, 5.41) is 8.20. The fourth-order valence-electron chi connectivity index (χ4n) is 1.49. The Hall–Kier alpha value is -1.07. The molecule has 15 heavy (non-hydrogen) atoms. The van der Waals surface area contributed by atoms with Gasteiger partial charge in [-0.15, -0.1) is 10.2 Å². The summed E-state index contributed by atoms with van der Waals surface area (Å²) in [5.74, 6) is 1.89. The molecule has 1 atom stereocenters. The summed E-state index contributed by atoms with van der Waals surface area (Å²) >= 11 is 1.80. The molecule has 0 aromatic carbocycles. The summed E-state index contributed by atoms with van der Waals surface area (Å²) in [4.78, 5) is 0. The number of nitrogens with zero attached hydrogens (tertiary/aromatic N) is 3. The maximum Gasteiger partial charge on any atom is 0.160 e. The molecule has 5 heteroatoms. The Morgan fingerprint density at radius 1 is 1.47 bits per heavy atom. The maximum absolute atomic E-state index is 6.05. The van der Waals surface area contributed by atoms with Gasteiger partial charge in [-0.05, 0) is 30.6 Å². The van der Waals surface area contributed by atoms with Gasteiger partial charge in [0.25, 0.3) is 0 Å². The zero-order chi connectivity index (χ0) is 10.7. The van der Waals surface area contributed by atoms with Crippen LogP contribution in [0.25, 0.3) is 5.65 Å². The zero-order valence-corrected chi connectivity index (χ0v) is 9.44. The predicted molar refractivity (Wildman–Crippen MR) is 62.9 cm³/mol. The molecule has 0 bridgehead atoms. The van der Waals surface area contributed by atoms with Gasteiger partial charge in [0.2, 0.25) is 0 Å². The van der Waals surface area contributed by atoms with Crippen LogP contribution in [0, 0.1) is 0 Å². The minimum absolute atomic E-state index is 0.0325. The number of pyridine rings is 1. The Kier molecular flexibility index (Phi) is 3.23. The lowest BCUT2D eigenvalue weighted by Crippen LogP contribution is -2.14. The summed E-state index contributed by atoms with van der Waals surface area (Å²) in [6.45, 7) is 0. The third-order valence-corrected chi connectivity index (χ3v) is 2.95. The number of fused-ring (bicyclic) bond motifs is 1. The van der Waals surface area contributed by atoms with Gasteiger partial charge in [-0.25, -0.2) is 0 Å². The average molecular weight is 222 g/mol. The molecule has 0 aliphatic carbocycles. The van der Waals surface area contributed by atoms with Gasteiger partial charge in [-0.3, -0.25) is 4.40 Å². The molecule has 0 saturated carbocycles. The van der Waals surface area contributed by atoms with Crippen molar-refractivity contribution in [2.75, 3.05) is 12.0 Å². The molecule has 0 radical (unpaired) electrons. The number of thioether (sulfide) groups is 1. The smallest absolute Gasteiger partial charge is 0.160 e. The number of aromatic nitrogens is 3. The lowest BCUT2D eigenvalue weighted by molar-refractivity contribution is 0.646. The molecule has 0 saturated heterocycles. The quantitative estimate of drug-likeness (QED) is 0.851. The Bertz CT molecular complexity index is 440. The van der Waals surface area contributed by atoms with E-state index in [4.69, 9.17) is 5.73 Å². The molecule has 2 heterocycles. The highest BCUT2D eigenvalue weighted by atomic mass is 32.2. The van der Waals surface area contributed by atoms with Crippen molar-refractivity contribution in [2.24, 2.45) is 5.73 Å². The molecule has 0 amide bonds. The third-order valence-electron chi connectivity index (χ3n) is 2.30. The van der Waals surface area contributed by atoms with Gasteiger partial charge in [0.15, 0.2) is 11.5 Å². The molecular weight excluding hydrogens is 208 g/mol. The fourth-order valence-corrected chi connectivity index (χ4v) is 1.98. The molecule has 2 aromatic rings. The van der Waals surface area contributed by atoms with Crippen molar-refractivity contribution in [3.63, 3.8) is 0 Å². The highest BCUT2D eigenvalue weighted by Crippen LogP contribution is 2.14. The molecule has 0 aliphatic rings. The molecular formula is C10H14N4S. The van der Waals surface area contributed by atoms with E-state index < -0.39 is 0 Å². The van der Waals surface area contributed by atoms with Gasteiger partial charge in [0, 0.05) is 6.20 Å². The molecule has 0 aliphatic heterocycles. The summed E-state index contributed by atoms with van der Waals surface area (Å²) in [6.07, 6.45) is 4.95. The fraction of sp³-hybridized carbons (Fsp3) is 0.400. The lowest BCUT2D eigenvalue weighted by Gasteiger charge is -2.08. The first kappa shape index (κ1) is 10.4. The summed E-state index contributed by atoms with van der Waals surface area (Å²) < 4.78 is 1.95. The molecule has 4 nitrogen and oxygen atoms in total. The van der Waals surface area contributed by atoms with E-state index in [9.17, 15) is 0 Å². The van der Waals surface area contributed by atoms with Crippen LogP contribution < -0.4 is 5.73 Å². The lowest BCUT2D eigenvalue weighted by atomic mass is 10.2. The van der Waals surface area contributed by atoms with Crippen LogP contribution in [-0.4, -0.2) is 26.6 Å². The van der Waals surface area contributed by atoms with E-state index in [2.05, 4.69) is 16.5 Å². The predicted octanol–water partition coefficient (Wildman–Crippen LogP) is 1.48. The average Bonchev–Trinajstić information content (AvgIpc) is 2.69. The minimum Gasteiger partial charge on any atom is -0.321 e. The number of nitrogens with two attached hydrogens (primary N) is 1. The van der Waals surface area contributed by atoms with E-state index in [-0.39, 0.29) is 6.04 Å². The molecule has 0 fully saturated rings. The number of hydrogen-bond donors (Lipinski definition) is 1. The number of rotatable bonds is 4. The van der Waals surface area contributed by atoms with Gasteiger partial charge in [0.05, 0.1) is 6.04 Å². The van der Waals surface area contributed by atoms with Crippen LogP contribution in [0.4, 0.5) is 0 Å². The molecule has 80 valence electrons. The zero-order valence-electron chi connectivity index (χ0n) is 8.63. The molecule has 0 spiro atoms. The van der Waals surface area contributed by atoms with Crippen LogP contribution in [-0.2, 0) is 0 Å². The van der Waals surface area contributed by atoms with Gasteiger partial charge < -0.3 is 5.73 Å². The van der Waals surface area contributed by atoms with Crippen molar-refractivity contribution in [1.29, 1.82) is 0 Å². The monoisotopic (exact) mass is 222 g/mol. The summed E-state index contributed by atoms with van der Waals surface area (Å²) in [7, 11) is 0. The van der Waals surface area contributed by atoms with Crippen LogP contribution in [0.3, 0.4) is 0 Å². The Morgan fingerprint density at radius 3 is 3.13 bits per heavy atom. The topological polar surface area (TPSA) is 56.2 Å². The van der Waals surface area contributed by atoms with Gasteiger partial charge >= 0.3 is 0 Å². The van der Waals surface area contributed by atoms with E-state index in [0.717, 1.165) is 23.6 Å². The van der Waals surface area contributed by atoms with Crippen molar-refractivity contribution in [1.82, 2.24) is 14.6 Å². The molecule has 2 aromatic heterocycles. The Balaban J connectivity index is 2.27. The van der Waals surface area contributed by atoms with Crippen molar-refractivity contribution < 1.29 is 0 Å². The summed E-state index contributed by atoms with van der Waals surface area (Å²) in [6, 6.07) is 5.80. The van der Waals surface area contributed by atoms with Crippen LogP contribution in [0.1, 0.15) is 18.3 Å². The first-order chi connectivity index (χ1) is 7.33. The number of hydrogen-bond acceptors (Lipinski definition) is 4. The van der Waals surface area contributed by atoms with Crippen LogP contribution in [0.2, 0.25) is 0 Å². The maximum atomic E-state index is 6.05. The minimum atomic E-state index is -0.0325. The first-order valence-electron chi connectivity index (χ1n) is 4.87. The normalized spacial score (nSPS) is 13.2. The van der Waals surface area contributed by atoms with Crippen molar-refractivity contribution in [2.45, 2.75) is 12.5 Å². The molecule has 1 unspecified atom stereocenters. The van der Waals surface area contributed by atoms with Crippen LogP contribution in [0.5, 0.6) is 0 Å². The van der Waals surface area contributed by atoms with Gasteiger partial charge in [-0.2, -0.15) is 11.8 Å². The molecule has 2 rings (SSSR count). The van der Waals surface area contributed by atoms with Crippen LogP contribution >= 0.6 is 11.8 Å². The van der Waals surface area contributed by atoms with Crippen molar-refractivity contribution >= 4 is 17.4 Å². The van der Waals surface area contributed by atoms with Crippen molar-refractivity contribution in [3.05, 3.63) is 30.2 Å².